The molecule has 1 nitrogen and oxygen atoms in total. The van der Waals surface area contributed by atoms with E-state index in [0.29, 0.717) is 6.04 Å². The van der Waals surface area contributed by atoms with Gasteiger partial charge in [-0.3, -0.25) is 0 Å². The van der Waals surface area contributed by atoms with Crippen LogP contribution in [0.2, 0.25) is 0 Å². The van der Waals surface area contributed by atoms with Gasteiger partial charge in [-0.25, -0.2) is 0 Å². The molecular weight excluding hydrogens is 202 g/mol. The molecule has 1 heterocycles. The van der Waals surface area contributed by atoms with Crippen molar-refractivity contribution in [1.29, 1.82) is 0 Å². The van der Waals surface area contributed by atoms with Crippen LogP contribution in [0.1, 0.15) is 37.4 Å². The maximum atomic E-state index is 3.62. The Labute approximate surface area is 96.7 Å². The van der Waals surface area contributed by atoms with Crippen LogP contribution in [-0.4, -0.2) is 11.8 Å². The first-order valence-electron chi connectivity index (χ1n) is 5.79. The third kappa shape index (κ3) is 2.21. The smallest absolute Gasteiger partial charge is 0.0443 e. The van der Waals surface area contributed by atoms with Gasteiger partial charge in [0.15, 0.2) is 0 Å². The van der Waals surface area contributed by atoms with E-state index < -0.39 is 0 Å². The topological polar surface area (TPSA) is 12.0 Å². The van der Waals surface area contributed by atoms with Gasteiger partial charge >= 0.3 is 0 Å². The van der Waals surface area contributed by atoms with Crippen LogP contribution in [0.15, 0.2) is 24.3 Å². The van der Waals surface area contributed by atoms with Crippen LogP contribution in [-0.2, 0) is 5.75 Å². The minimum Gasteiger partial charge on any atom is -0.309 e. The monoisotopic (exact) mass is 221 g/mol. The summed E-state index contributed by atoms with van der Waals surface area (Å²) in [6.45, 7) is 5.53. The molecule has 0 aromatic heterocycles. The lowest BCUT2D eigenvalue weighted by atomic mass is 9.96. The lowest BCUT2D eigenvalue weighted by molar-refractivity contribution is 0.514. The van der Waals surface area contributed by atoms with Crippen LogP contribution < -0.4 is 5.32 Å². The van der Waals surface area contributed by atoms with Crippen LogP contribution in [0.25, 0.3) is 0 Å². The Kier molecular flexibility index (Phi) is 3.71. The molecule has 1 N–H and O–H groups in total. The van der Waals surface area contributed by atoms with E-state index in [1.807, 2.05) is 0 Å². The molecule has 1 aliphatic rings. The van der Waals surface area contributed by atoms with Gasteiger partial charge in [0.1, 0.15) is 0 Å². The Morgan fingerprint density at radius 2 is 2.13 bits per heavy atom. The summed E-state index contributed by atoms with van der Waals surface area (Å²) >= 11 is 2.09. The zero-order valence-electron chi connectivity index (χ0n) is 9.49. The van der Waals surface area contributed by atoms with Gasteiger partial charge in [-0.15, -0.1) is 0 Å². The fourth-order valence-electron chi connectivity index (χ4n) is 2.28. The van der Waals surface area contributed by atoms with Crippen molar-refractivity contribution < 1.29 is 0 Å². The van der Waals surface area contributed by atoms with Gasteiger partial charge in [0.05, 0.1) is 0 Å². The van der Waals surface area contributed by atoms with Crippen LogP contribution >= 0.6 is 11.8 Å². The molecule has 1 aliphatic heterocycles. The number of hydrogen-bond donors (Lipinski definition) is 1. The predicted octanol–water partition coefficient (Wildman–Crippen LogP) is 3.36. The Morgan fingerprint density at radius 1 is 1.33 bits per heavy atom. The fraction of sp³-hybridized carbons (Fsp3) is 0.538. The van der Waals surface area contributed by atoms with Crippen LogP contribution in [0.5, 0.6) is 0 Å². The molecule has 0 radical (unpaired) electrons. The van der Waals surface area contributed by atoms with Crippen LogP contribution in [0.3, 0.4) is 0 Å². The molecular formula is C13H19NS. The Bertz CT molecular complexity index is 324. The molecule has 0 fully saturated rings. The summed E-state index contributed by atoms with van der Waals surface area (Å²) in [5.74, 6) is 1.18. The number of benzene rings is 1. The van der Waals surface area contributed by atoms with E-state index in [0.717, 1.165) is 11.8 Å². The summed E-state index contributed by atoms with van der Waals surface area (Å²) < 4.78 is 0. The molecule has 0 saturated carbocycles. The second-order valence-corrected chi connectivity index (χ2v) is 5.22. The largest absolute Gasteiger partial charge is 0.309 e. The summed E-state index contributed by atoms with van der Waals surface area (Å²) in [6.07, 6.45) is 1.25. The van der Waals surface area contributed by atoms with E-state index in [2.05, 4.69) is 55.2 Å². The number of fused-ring (bicyclic) bond motifs is 1. The number of nitrogens with one attached hydrogen (secondary N) is 1. The van der Waals surface area contributed by atoms with Gasteiger partial charge in [-0.1, -0.05) is 38.1 Å². The molecule has 0 bridgehead atoms. The van der Waals surface area contributed by atoms with Gasteiger partial charge in [0.25, 0.3) is 0 Å². The second-order valence-electron chi connectivity index (χ2n) is 3.99. The summed E-state index contributed by atoms with van der Waals surface area (Å²) in [5.41, 5.74) is 3.03. The highest BCUT2D eigenvalue weighted by molar-refractivity contribution is 7.99. The van der Waals surface area contributed by atoms with Gasteiger partial charge in [0, 0.05) is 17.0 Å². The Morgan fingerprint density at radius 3 is 2.87 bits per heavy atom. The van der Waals surface area contributed by atoms with E-state index in [9.17, 15) is 0 Å². The highest BCUT2D eigenvalue weighted by Gasteiger charge is 2.27. The zero-order chi connectivity index (χ0) is 10.7. The number of rotatable bonds is 3. The molecule has 0 saturated heterocycles. The van der Waals surface area contributed by atoms with E-state index in [4.69, 9.17) is 0 Å². The average Bonchev–Trinajstić information content (AvgIpc) is 2.30. The Hall–Kier alpha value is -0.470. The lowest BCUT2D eigenvalue weighted by Crippen LogP contribution is -2.33. The first-order valence-corrected chi connectivity index (χ1v) is 6.84. The first kappa shape index (κ1) is 11.0. The van der Waals surface area contributed by atoms with Crippen molar-refractivity contribution in [1.82, 2.24) is 5.32 Å². The van der Waals surface area contributed by atoms with Gasteiger partial charge in [0.2, 0.25) is 0 Å². The molecule has 2 heteroatoms. The van der Waals surface area contributed by atoms with E-state index >= 15 is 0 Å². The van der Waals surface area contributed by atoms with Crippen molar-refractivity contribution in [2.24, 2.45) is 0 Å². The molecule has 0 spiro atoms. The fourth-order valence-corrected chi connectivity index (χ4v) is 3.60. The van der Waals surface area contributed by atoms with Gasteiger partial charge in [-0.05, 0) is 24.1 Å². The number of hydrogen-bond acceptors (Lipinski definition) is 2. The normalized spacial score (nSPS) is 24.9. The van der Waals surface area contributed by atoms with Crippen molar-refractivity contribution in [3.63, 3.8) is 0 Å². The summed E-state index contributed by atoms with van der Waals surface area (Å²) in [7, 11) is 0. The lowest BCUT2D eigenvalue weighted by Gasteiger charge is -2.33. The maximum Gasteiger partial charge on any atom is 0.0443 e. The molecule has 1 aromatic rings. The molecule has 0 aliphatic carbocycles. The molecule has 0 amide bonds. The van der Waals surface area contributed by atoms with Crippen molar-refractivity contribution in [3.8, 4) is 0 Å². The van der Waals surface area contributed by atoms with Gasteiger partial charge in [-0.2, -0.15) is 11.8 Å². The van der Waals surface area contributed by atoms with Crippen molar-refractivity contribution >= 4 is 11.8 Å². The molecule has 2 rings (SSSR count). The third-order valence-corrected chi connectivity index (χ3v) is 4.55. The van der Waals surface area contributed by atoms with E-state index in [-0.39, 0.29) is 0 Å². The molecule has 2 atom stereocenters. The van der Waals surface area contributed by atoms with E-state index in [1.54, 1.807) is 0 Å². The highest BCUT2D eigenvalue weighted by atomic mass is 32.2. The first-order chi connectivity index (χ1) is 7.36. The second kappa shape index (κ2) is 5.04. The maximum absolute atomic E-state index is 3.62. The molecule has 1 aromatic carbocycles. The summed E-state index contributed by atoms with van der Waals surface area (Å²) in [5, 5.41) is 4.36. The van der Waals surface area contributed by atoms with E-state index in [1.165, 1.54) is 23.3 Å². The van der Waals surface area contributed by atoms with Crippen molar-refractivity contribution in [2.45, 2.75) is 37.3 Å². The SMILES string of the molecule is CCNC1c2ccccc2CSC1CC. The van der Waals surface area contributed by atoms with Gasteiger partial charge < -0.3 is 5.32 Å². The highest BCUT2D eigenvalue weighted by Crippen LogP contribution is 2.38. The molecule has 2 unspecified atom stereocenters. The van der Waals surface area contributed by atoms with Crippen molar-refractivity contribution in [2.75, 3.05) is 6.54 Å². The standard InChI is InChI=1S/C13H19NS/c1-3-12-13(14-4-2)11-8-6-5-7-10(11)9-15-12/h5-8,12-14H,3-4,9H2,1-2H3. The minimum absolute atomic E-state index is 0.551. The third-order valence-electron chi connectivity index (χ3n) is 3.04. The molecule has 82 valence electrons. The average molecular weight is 221 g/mol. The summed E-state index contributed by atoms with van der Waals surface area (Å²) in [4.78, 5) is 0. The predicted molar refractivity (Wildman–Crippen MR) is 68.2 cm³/mol. The quantitative estimate of drug-likeness (QED) is 0.840. The van der Waals surface area contributed by atoms with Crippen LogP contribution in [0, 0.1) is 0 Å². The zero-order valence-corrected chi connectivity index (χ0v) is 10.3. The Balaban J connectivity index is 2.29. The number of thioether (sulfide) groups is 1. The minimum atomic E-state index is 0.551. The molecule has 15 heavy (non-hydrogen) atoms. The summed E-state index contributed by atoms with van der Waals surface area (Å²) in [6, 6.07) is 9.40. The van der Waals surface area contributed by atoms with Crippen LogP contribution in [0.4, 0.5) is 0 Å². The van der Waals surface area contributed by atoms with Crippen molar-refractivity contribution in [3.05, 3.63) is 35.4 Å².